The van der Waals surface area contributed by atoms with Crippen LogP contribution in [-0.2, 0) is 5.41 Å². The first-order valence-corrected chi connectivity index (χ1v) is 8.21. The lowest BCUT2D eigenvalue weighted by atomic mass is 9.62. The van der Waals surface area contributed by atoms with Crippen molar-refractivity contribution in [2.75, 3.05) is 19.8 Å². The van der Waals surface area contributed by atoms with Gasteiger partial charge in [-0.2, -0.15) is 0 Å². The van der Waals surface area contributed by atoms with Crippen molar-refractivity contribution in [1.29, 1.82) is 0 Å². The number of rotatable bonds is 3. The van der Waals surface area contributed by atoms with Crippen molar-refractivity contribution < 1.29 is 9.47 Å². The molecule has 3 rings (SSSR count). The van der Waals surface area contributed by atoms with Crippen molar-refractivity contribution >= 4 is 15.9 Å². The fraction of sp³-hybridized carbons (Fsp3) is 0.625. The largest absolute Gasteiger partial charge is 0.486 e. The molecule has 1 aromatic rings. The second-order valence-corrected chi connectivity index (χ2v) is 7.02. The molecular weight excluding hydrogens is 318 g/mol. The van der Waals surface area contributed by atoms with Gasteiger partial charge in [-0.3, -0.25) is 0 Å². The van der Waals surface area contributed by atoms with Crippen LogP contribution in [0.5, 0.6) is 11.5 Å². The minimum Gasteiger partial charge on any atom is -0.486 e. The molecule has 0 amide bonds. The van der Waals surface area contributed by atoms with E-state index in [1.54, 1.807) is 0 Å². The first kappa shape index (κ1) is 14.2. The van der Waals surface area contributed by atoms with Crippen LogP contribution in [0.15, 0.2) is 10.5 Å². The highest BCUT2D eigenvalue weighted by Gasteiger charge is 2.41. The minimum atomic E-state index is 0.137. The van der Waals surface area contributed by atoms with E-state index < -0.39 is 0 Å². The van der Waals surface area contributed by atoms with E-state index in [4.69, 9.17) is 15.2 Å². The number of fused-ring (bicyclic) bond motifs is 1. The van der Waals surface area contributed by atoms with Gasteiger partial charge < -0.3 is 15.2 Å². The molecule has 0 bridgehead atoms. The van der Waals surface area contributed by atoms with Crippen molar-refractivity contribution in [3.8, 4) is 11.5 Å². The number of ether oxygens (including phenoxy) is 2. The molecular formula is C16H22BrNO2. The second kappa shape index (κ2) is 5.23. The Morgan fingerprint density at radius 2 is 1.90 bits per heavy atom. The lowest BCUT2D eigenvalue weighted by Gasteiger charge is -2.44. The van der Waals surface area contributed by atoms with Crippen LogP contribution in [0, 0.1) is 0 Å². The minimum absolute atomic E-state index is 0.137. The molecule has 0 spiro atoms. The van der Waals surface area contributed by atoms with E-state index in [1.807, 2.05) is 0 Å². The summed E-state index contributed by atoms with van der Waals surface area (Å²) in [4.78, 5) is 0. The van der Waals surface area contributed by atoms with E-state index >= 15 is 0 Å². The highest BCUT2D eigenvalue weighted by molar-refractivity contribution is 9.10. The highest BCUT2D eigenvalue weighted by atomic mass is 79.9. The molecule has 0 unspecified atom stereocenters. The maximum atomic E-state index is 6.11. The molecule has 3 nitrogen and oxygen atoms in total. The van der Waals surface area contributed by atoms with Gasteiger partial charge >= 0.3 is 0 Å². The van der Waals surface area contributed by atoms with Crippen molar-refractivity contribution in [3.05, 3.63) is 21.7 Å². The first-order chi connectivity index (χ1) is 9.59. The average molecular weight is 340 g/mol. The van der Waals surface area contributed by atoms with Gasteiger partial charge in [0.1, 0.15) is 13.2 Å². The van der Waals surface area contributed by atoms with Gasteiger partial charge in [0, 0.05) is 17.5 Å². The molecule has 2 N–H and O–H groups in total. The van der Waals surface area contributed by atoms with Crippen LogP contribution in [0.2, 0.25) is 0 Å². The molecule has 0 atom stereocenters. The van der Waals surface area contributed by atoms with Gasteiger partial charge in [0.05, 0.1) is 4.47 Å². The van der Waals surface area contributed by atoms with Crippen LogP contribution in [0.25, 0.3) is 0 Å². The van der Waals surface area contributed by atoms with Crippen LogP contribution in [0.3, 0.4) is 0 Å². The van der Waals surface area contributed by atoms with Gasteiger partial charge in [-0.15, -0.1) is 0 Å². The van der Waals surface area contributed by atoms with Gasteiger partial charge in [0.2, 0.25) is 0 Å². The van der Waals surface area contributed by atoms with Gasteiger partial charge in [0.15, 0.2) is 11.5 Å². The Kier molecular flexibility index (Phi) is 3.71. The Labute approximate surface area is 129 Å². The summed E-state index contributed by atoms with van der Waals surface area (Å²) in [5.74, 6) is 2.18. The Balaban J connectivity index is 2.21. The van der Waals surface area contributed by atoms with E-state index in [2.05, 4.69) is 35.8 Å². The van der Waals surface area contributed by atoms with Crippen molar-refractivity contribution in [2.24, 2.45) is 5.73 Å². The van der Waals surface area contributed by atoms with Crippen LogP contribution in [0.4, 0.5) is 0 Å². The smallest absolute Gasteiger partial charge is 0.175 e. The van der Waals surface area contributed by atoms with Gasteiger partial charge in [0.25, 0.3) is 0 Å². The lowest BCUT2D eigenvalue weighted by Crippen LogP contribution is -2.42. The third kappa shape index (κ3) is 2.04. The fourth-order valence-corrected chi connectivity index (χ4v) is 3.91. The third-order valence-electron chi connectivity index (χ3n) is 4.66. The van der Waals surface area contributed by atoms with Crippen LogP contribution < -0.4 is 15.2 Å². The summed E-state index contributed by atoms with van der Waals surface area (Å²) in [5, 5.41) is 0. The van der Waals surface area contributed by atoms with E-state index in [-0.39, 0.29) is 5.41 Å². The molecule has 1 aromatic carbocycles. The Morgan fingerprint density at radius 1 is 1.25 bits per heavy atom. The van der Waals surface area contributed by atoms with E-state index in [1.165, 1.54) is 30.4 Å². The predicted molar refractivity (Wildman–Crippen MR) is 83.8 cm³/mol. The number of nitrogens with two attached hydrogens (primary N) is 1. The Morgan fingerprint density at radius 3 is 2.40 bits per heavy atom. The quantitative estimate of drug-likeness (QED) is 0.912. The summed E-state index contributed by atoms with van der Waals surface area (Å²) in [6.07, 6.45) is 3.62. The average Bonchev–Trinajstić information content (AvgIpc) is 2.38. The number of hydrogen-bond acceptors (Lipinski definition) is 3. The Bertz CT molecular complexity index is 518. The summed E-state index contributed by atoms with van der Waals surface area (Å²) < 4.78 is 12.7. The van der Waals surface area contributed by atoms with Crippen molar-refractivity contribution in [3.63, 3.8) is 0 Å². The first-order valence-electron chi connectivity index (χ1n) is 7.41. The monoisotopic (exact) mass is 339 g/mol. The molecule has 1 heterocycles. The molecule has 0 aromatic heterocycles. The third-order valence-corrected chi connectivity index (χ3v) is 5.24. The SMILES string of the molecule is CC(C)c1c(C2(CN)CCC2)cc(Br)c2c1OCCO2. The zero-order valence-corrected chi connectivity index (χ0v) is 13.8. The maximum Gasteiger partial charge on any atom is 0.175 e. The van der Waals surface area contributed by atoms with Gasteiger partial charge in [-0.05, 0) is 46.3 Å². The van der Waals surface area contributed by atoms with Crippen LogP contribution in [-0.4, -0.2) is 19.8 Å². The molecule has 4 heteroatoms. The fourth-order valence-electron chi connectivity index (χ4n) is 3.39. The summed E-state index contributed by atoms with van der Waals surface area (Å²) in [6.45, 7) is 6.38. The van der Waals surface area contributed by atoms with Gasteiger partial charge in [-0.1, -0.05) is 20.3 Å². The van der Waals surface area contributed by atoms with E-state index in [0.29, 0.717) is 25.7 Å². The van der Waals surface area contributed by atoms with Crippen LogP contribution >= 0.6 is 15.9 Å². The molecule has 2 aliphatic rings. The molecule has 0 saturated heterocycles. The summed E-state index contributed by atoms with van der Waals surface area (Å²) >= 11 is 3.65. The van der Waals surface area contributed by atoms with E-state index in [9.17, 15) is 0 Å². The molecule has 20 heavy (non-hydrogen) atoms. The molecule has 110 valence electrons. The summed E-state index contributed by atoms with van der Waals surface area (Å²) in [6, 6.07) is 2.22. The molecule has 1 aliphatic carbocycles. The highest BCUT2D eigenvalue weighted by Crippen LogP contribution is 2.52. The zero-order chi connectivity index (χ0) is 14.3. The summed E-state index contributed by atoms with van der Waals surface area (Å²) in [7, 11) is 0. The number of hydrogen-bond donors (Lipinski definition) is 1. The van der Waals surface area contributed by atoms with Crippen molar-refractivity contribution in [2.45, 2.75) is 44.4 Å². The van der Waals surface area contributed by atoms with Crippen LogP contribution in [0.1, 0.15) is 50.2 Å². The lowest BCUT2D eigenvalue weighted by molar-refractivity contribution is 0.166. The molecule has 1 fully saturated rings. The molecule has 1 aliphatic heterocycles. The maximum absolute atomic E-state index is 6.11. The predicted octanol–water partition coefficient (Wildman–Crippen LogP) is 3.72. The second-order valence-electron chi connectivity index (χ2n) is 6.17. The Hall–Kier alpha value is -0.740. The summed E-state index contributed by atoms with van der Waals surface area (Å²) in [5.41, 5.74) is 8.89. The number of halogens is 1. The standard InChI is InChI=1S/C16H22BrNO2/c1-10(2)13-11(16(9-18)4-3-5-16)8-12(17)14-15(13)20-7-6-19-14/h8,10H,3-7,9,18H2,1-2H3. The normalized spacial score (nSPS) is 19.9. The molecule has 0 radical (unpaired) electrons. The number of benzene rings is 1. The topological polar surface area (TPSA) is 44.5 Å². The zero-order valence-electron chi connectivity index (χ0n) is 12.2. The van der Waals surface area contributed by atoms with Gasteiger partial charge in [-0.25, -0.2) is 0 Å². The van der Waals surface area contributed by atoms with Crippen molar-refractivity contribution in [1.82, 2.24) is 0 Å². The molecule has 1 saturated carbocycles. The van der Waals surface area contributed by atoms with E-state index in [0.717, 1.165) is 16.0 Å².